The highest BCUT2D eigenvalue weighted by Gasteiger charge is 2.30. The minimum absolute atomic E-state index is 0.160. The van der Waals surface area contributed by atoms with Crippen molar-refractivity contribution in [1.82, 2.24) is 19.8 Å². The third kappa shape index (κ3) is 2.29. The predicted octanol–water partition coefficient (Wildman–Crippen LogP) is 2.18. The number of fused-ring (bicyclic) bond motifs is 1. The maximum Gasteiger partial charge on any atom is 0.169 e. The minimum Gasteiger partial charge on any atom is -0.363 e. The number of nitrogens with zero attached hydrogens (tertiary/aromatic N) is 3. The molecule has 1 N–H and O–H groups in total. The topological polar surface area (TPSA) is 33.1 Å². The van der Waals surface area contributed by atoms with Gasteiger partial charge >= 0.3 is 0 Å². The van der Waals surface area contributed by atoms with E-state index in [9.17, 15) is 0 Å². The molecular weight excluding hydrogens is 268 g/mol. The largest absolute Gasteiger partial charge is 0.363 e. The Kier molecular flexibility index (Phi) is 3.69. The first-order chi connectivity index (χ1) is 9.81. The Morgan fingerprint density at radius 1 is 1.35 bits per heavy atom. The zero-order valence-electron chi connectivity index (χ0n) is 11.5. The molecule has 0 fully saturated rings. The van der Waals surface area contributed by atoms with E-state index in [0.717, 1.165) is 24.7 Å². The molecule has 2 aromatic rings. The average Bonchev–Trinajstić information content (AvgIpc) is 2.95. The van der Waals surface area contributed by atoms with Crippen molar-refractivity contribution in [3.8, 4) is 0 Å². The quantitative estimate of drug-likeness (QED) is 0.858. The number of pyridine rings is 1. The average molecular weight is 286 g/mol. The first kappa shape index (κ1) is 13.1. The van der Waals surface area contributed by atoms with Crippen LogP contribution in [0.4, 0.5) is 0 Å². The second kappa shape index (κ2) is 5.63. The second-order valence-corrected chi connectivity index (χ2v) is 5.23. The summed E-state index contributed by atoms with van der Waals surface area (Å²) in [5.41, 5.74) is 2.50. The van der Waals surface area contributed by atoms with E-state index in [1.54, 1.807) is 0 Å². The lowest BCUT2D eigenvalue weighted by Gasteiger charge is -2.39. The summed E-state index contributed by atoms with van der Waals surface area (Å²) in [7, 11) is 0. The lowest BCUT2D eigenvalue weighted by Crippen LogP contribution is -2.47. The summed E-state index contributed by atoms with van der Waals surface area (Å²) in [6, 6.07) is 8.56. The molecule has 104 valence electrons. The minimum atomic E-state index is 0.160. The fourth-order valence-electron chi connectivity index (χ4n) is 2.75. The zero-order chi connectivity index (χ0) is 13.9. The fourth-order valence-corrected chi connectivity index (χ4v) is 3.09. The van der Waals surface area contributed by atoms with Gasteiger partial charge in [-0.2, -0.15) is 0 Å². The molecule has 0 aromatic carbocycles. The first-order valence-corrected chi connectivity index (χ1v) is 7.31. The van der Waals surface area contributed by atoms with E-state index in [1.165, 1.54) is 11.3 Å². The van der Waals surface area contributed by atoms with Gasteiger partial charge in [-0.25, -0.2) is 0 Å². The van der Waals surface area contributed by atoms with Crippen molar-refractivity contribution in [2.75, 3.05) is 13.1 Å². The Morgan fingerprint density at radius 2 is 2.15 bits per heavy atom. The van der Waals surface area contributed by atoms with Crippen LogP contribution < -0.4 is 5.32 Å². The van der Waals surface area contributed by atoms with E-state index >= 15 is 0 Å². The Morgan fingerprint density at radius 3 is 2.90 bits per heavy atom. The summed E-state index contributed by atoms with van der Waals surface area (Å²) in [5.74, 6) is 0. The smallest absolute Gasteiger partial charge is 0.169 e. The number of rotatable bonds is 2. The number of aromatic nitrogens is 2. The van der Waals surface area contributed by atoms with E-state index in [1.807, 2.05) is 12.4 Å². The number of hydrogen-bond donors (Lipinski definition) is 1. The van der Waals surface area contributed by atoms with Crippen molar-refractivity contribution in [2.45, 2.75) is 19.5 Å². The monoisotopic (exact) mass is 286 g/mol. The summed E-state index contributed by atoms with van der Waals surface area (Å²) in [6.45, 7) is 4.80. The van der Waals surface area contributed by atoms with Gasteiger partial charge in [-0.05, 0) is 49.0 Å². The van der Waals surface area contributed by atoms with Crippen LogP contribution in [-0.4, -0.2) is 32.7 Å². The van der Waals surface area contributed by atoms with Crippen molar-refractivity contribution in [3.63, 3.8) is 0 Å². The molecule has 1 aliphatic rings. The van der Waals surface area contributed by atoms with E-state index in [4.69, 9.17) is 12.2 Å². The van der Waals surface area contributed by atoms with E-state index in [0.29, 0.717) is 0 Å². The van der Waals surface area contributed by atoms with Crippen molar-refractivity contribution in [1.29, 1.82) is 0 Å². The standard InChI is InChI=1S/C15H18N4S/c1-2-17-15(20)19-11-10-18-9-3-4-13(18)14(19)12-5-7-16-8-6-12/h3-9,14H,2,10-11H2,1H3,(H,17,20). The highest BCUT2D eigenvalue weighted by molar-refractivity contribution is 7.80. The molecule has 1 aliphatic heterocycles. The summed E-state index contributed by atoms with van der Waals surface area (Å²) in [4.78, 5) is 6.38. The summed E-state index contributed by atoms with van der Waals surface area (Å²) < 4.78 is 2.30. The Labute approximate surface area is 124 Å². The number of nitrogens with one attached hydrogen (secondary N) is 1. The van der Waals surface area contributed by atoms with Gasteiger partial charge in [0.2, 0.25) is 0 Å². The highest BCUT2D eigenvalue weighted by Crippen LogP contribution is 2.31. The first-order valence-electron chi connectivity index (χ1n) is 6.90. The van der Waals surface area contributed by atoms with Crippen LogP contribution >= 0.6 is 12.2 Å². The van der Waals surface area contributed by atoms with E-state index in [2.05, 4.69) is 57.2 Å². The lowest BCUT2D eigenvalue weighted by atomic mass is 10.0. The Hall–Kier alpha value is -1.88. The molecule has 0 saturated heterocycles. The molecule has 3 heterocycles. The van der Waals surface area contributed by atoms with Gasteiger partial charge in [-0.1, -0.05) is 0 Å². The third-order valence-electron chi connectivity index (χ3n) is 3.65. The molecule has 3 rings (SSSR count). The van der Waals surface area contributed by atoms with Crippen LogP contribution in [0.1, 0.15) is 24.2 Å². The van der Waals surface area contributed by atoms with Gasteiger partial charge in [0.25, 0.3) is 0 Å². The van der Waals surface area contributed by atoms with E-state index < -0.39 is 0 Å². The lowest BCUT2D eigenvalue weighted by molar-refractivity contribution is 0.286. The van der Waals surface area contributed by atoms with Crippen LogP contribution in [0.25, 0.3) is 0 Å². The molecule has 0 saturated carbocycles. The van der Waals surface area contributed by atoms with Crippen LogP contribution in [0.5, 0.6) is 0 Å². The molecule has 0 bridgehead atoms. The third-order valence-corrected chi connectivity index (χ3v) is 4.03. The zero-order valence-corrected chi connectivity index (χ0v) is 12.3. The SMILES string of the molecule is CCNC(=S)N1CCn2cccc2C1c1ccncc1. The number of hydrogen-bond acceptors (Lipinski definition) is 2. The Bertz CT molecular complexity index is 593. The molecule has 0 amide bonds. The van der Waals surface area contributed by atoms with Gasteiger partial charge in [0.15, 0.2) is 5.11 Å². The van der Waals surface area contributed by atoms with Crippen LogP contribution in [0.2, 0.25) is 0 Å². The van der Waals surface area contributed by atoms with Crippen LogP contribution in [-0.2, 0) is 6.54 Å². The van der Waals surface area contributed by atoms with Gasteiger partial charge in [-0.15, -0.1) is 0 Å². The predicted molar refractivity (Wildman–Crippen MR) is 83.5 cm³/mol. The molecule has 2 aromatic heterocycles. The molecule has 1 atom stereocenters. The summed E-state index contributed by atoms with van der Waals surface area (Å²) >= 11 is 5.54. The van der Waals surface area contributed by atoms with Crippen LogP contribution in [0.3, 0.4) is 0 Å². The maximum atomic E-state index is 5.54. The van der Waals surface area contributed by atoms with Gasteiger partial charge in [0.05, 0.1) is 6.04 Å². The second-order valence-electron chi connectivity index (χ2n) is 4.84. The van der Waals surface area contributed by atoms with Crippen molar-refractivity contribution >= 4 is 17.3 Å². The normalized spacial score (nSPS) is 17.6. The molecule has 0 aliphatic carbocycles. The molecule has 0 spiro atoms. The van der Waals surface area contributed by atoms with E-state index in [-0.39, 0.29) is 6.04 Å². The Balaban J connectivity index is 2.01. The van der Waals surface area contributed by atoms with Crippen molar-refractivity contribution in [3.05, 3.63) is 54.1 Å². The van der Waals surface area contributed by atoms with Crippen molar-refractivity contribution < 1.29 is 0 Å². The fraction of sp³-hybridized carbons (Fsp3) is 0.333. The molecule has 0 radical (unpaired) electrons. The molecular formula is C15H18N4S. The van der Waals surface area contributed by atoms with Gasteiger partial charge < -0.3 is 14.8 Å². The van der Waals surface area contributed by atoms with Crippen LogP contribution in [0.15, 0.2) is 42.9 Å². The highest BCUT2D eigenvalue weighted by atomic mass is 32.1. The van der Waals surface area contributed by atoms with Gasteiger partial charge in [0.1, 0.15) is 0 Å². The van der Waals surface area contributed by atoms with Gasteiger partial charge in [0, 0.05) is 43.9 Å². The molecule has 1 unspecified atom stereocenters. The van der Waals surface area contributed by atoms with Gasteiger partial charge in [-0.3, -0.25) is 4.98 Å². The number of thiocarbonyl (C=S) groups is 1. The summed E-state index contributed by atoms with van der Waals surface area (Å²) in [6.07, 6.45) is 5.81. The van der Waals surface area contributed by atoms with Crippen LogP contribution in [0, 0.1) is 0 Å². The molecule has 4 nitrogen and oxygen atoms in total. The summed E-state index contributed by atoms with van der Waals surface area (Å²) in [5, 5.41) is 4.09. The van der Waals surface area contributed by atoms with Crippen molar-refractivity contribution in [2.24, 2.45) is 0 Å². The molecule has 5 heteroatoms. The molecule has 20 heavy (non-hydrogen) atoms. The maximum absolute atomic E-state index is 5.54.